The van der Waals surface area contributed by atoms with Crippen molar-refractivity contribution in [2.24, 2.45) is 5.16 Å². The molecule has 1 heterocycles. The van der Waals surface area contributed by atoms with E-state index in [2.05, 4.69) is 5.16 Å². The summed E-state index contributed by atoms with van der Waals surface area (Å²) in [6.45, 7) is -0.0511. The number of aliphatic hydroxyl groups is 1. The van der Waals surface area contributed by atoms with Gasteiger partial charge in [0.1, 0.15) is 7.11 Å². The number of nitriles is 1. The molecule has 30 heavy (non-hydrogen) atoms. The van der Waals surface area contributed by atoms with Gasteiger partial charge in [0.05, 0.1) is 42.1 Å². The maximum atomic E-state index is 13.5. The number of likely N-dealkylation sites (tertiary alicyclic amines) is 1. The molecular formula is C21H18F3N3O3. The molecule has 0 aromatic heterocycles. The third-order valence-corrected chi connectivity index (χ3v) is 4.87. The van der Waals surface area contributed by atoms with Crippen molar-refractivity contribution in [2.45, 2.75) is 18.6 Å². The summed E-state index contributed by atoms with van der Waals surface area (Å²) in [4.78, 5) is 19.0. The maximum Gasteiger partial charge on any atom is 0.418 e. The van der Waals surface area contributed by atoms with E-state index in [-0.39, 0.29) is 35.7 Å². The summed E-state index contributed by atoms with van der Waals surface area (Å²) in [6, 6.07) is 10.6. The zero-order valence-corrected chi connectivity index (χ0v) is 16.0. The van der Waals surface area contributed by atoms with E-state index < -0.39 is 23.3 Å². The molecule has 0 bridgehead atoms. The number of aliphatic hydroxyl groups excluding tert-OH is 1. The zero-order chi connectivity index (χ0) is 21.9. The van der Waals surface area contributed by atoms with Crippen molar-refractivity contribution in [2.75, 3.05) is 20.3 Å². The van der Waals surface area contributed by atoms with E-state index >= 15 is 0 Å². The van der Waals surface area contributed by atoms with Gasteiger partial charge in [-0.15, -0.1) is 0 Å². The highest BCUT2D eigenvalue weighted by molar-refractivity contribution is 6.00. The number of oxime groups is 1. The summed E-state index contributed by atoms with van der Waals surface area (Å²) < 4.78 is 40.6. The van der Waals surface area contributed by atoms with E-state index in [1.807, 2.05) is 0 Å². The third-order valence-electron chi connectivity index (χ3n) is 4.87. The largest absolute Gasteiger partial charge is 0.418 e. The fourth-order valence-corrected chi connectivity index (χ4v) is 3.52. The number of alkyl halides is 3. The fourth-order valence-electron chi connectivity index (χ4n) is 3.52. The molecule has 2 aromatic carbocycles. The number of carbonyl (C=O) groups is 1. The van der Waals surface area contributed by atoms with Crippen LogP contribution in [0.3, 0.4) is 0 Å². The Morgan fingerprint density at radius 2 is 2.00 bits per heavy atom. The average molecular weight is 417 g/mol. The van der Waals surface area contributed by atoms with E-state index in [1.165, 1.54) is 48.4 Å². The van der Waals surface area contributed by atoms with Gasteiger partial charge < -0.3 is 14.8 Å². The molecular weight excluding hydrogens is 399 g/mol. The first-order chi connectivity index (χ1) is 14.3. The lowest BCUT2D eigenvalue weighted by Gasteiger charge is -2.22. The van der Waals surface area contributed by atoms with Gasteiger partial charge in [-0.2, -0.15) is 18.4 Å². The molecule has 3 rings (SSSR count). The Kier molecular flexibility index (Phi) is 6.08. The van der Waals surface area contributed by atoms with Gasteiger partial charge >= 0.3 is 6.18 Å². The van der Waals surface area contributed by atoms with Crippen LogP contribution < -0.4 is 0 Å². The molecule has 1 saturated heterocycles. The molecule has 156 valence electrons. The first kappa shape index (κ1) is 21.3. The van der Waals surface area contributed by atoms with Crippen molar-refractivity contribution in [1.82, 2.24) is 4.90 Å². The van der Waals surface area contributed by atoms with Crippen LogP contribution in [0.1, 0.15) is 27.9 Å². The summed E-state index contributed by atoms with van der Waals surface area (Å²) >= 11 is 0. The van der Waals surface area contributed by atoms with Gasteiger partial charge in [-0.3, -0.25) is 4.79 Å². The molecule has 2 aromatic rings. The topological polar surface area (TPSA) is 85.9 Å². The number of carbonyl (C=O) groups excluding carboxylic acids is 1. The van der Waals surface area contributed by atoms with Crippen molar-refractivity contribution in [3.05, 3.63) is 59.2 Å². The van der Waals surface area contributed by atoms with Gasteiger partial charge in [-0.25, -0.2) is 0 Å². The van der Waals surface area contributed by atoms with Crippen LogP contribution in [0.2, 0.25) is 0 Å². The van der Waals surface area contributed by atoms with Crippen LogP contribution in [0.15, 0.2) is 47.6 Å². The number of hydrogen-bond donors (Lipinski definition) is 1. The van der Waals surface area contributed by atoms with Crippen LogP contribution in [0.25, 0.3) is 11.1 Å². The van der Waals surface area contributed by atoms with E-state index in [9.17, 15) is 23.1 Å². The normalized spacial score (nSPS) is 17.8. The molecule has 1 aliphatic heterocycles. The van der Waals surface area contributed by atoms with Crippen LogP contribution in [0, 0.1) is 11.3 Å². The Labute approximate surface area is 170 Å². The van der Waals surface area contributed by atoms with Gasteiger partial charge in [-0.1, -0.05) is 29.4 Å². The summed E-state index contributed by atoms with van der Waals surface area (Å²) in [6.07, 6.45) is -4.32. The quantitative estimate of drug-likeness (QED) is 0.772. The standard InChI is InChI=1S/C21H18F3N3O3/c1-30-26-16-9-17(12-28)27(11-16)20(29)14-7-5-13(6-8-14)18-4-2-3-15(10-25)19(18)21(22,23)24/h2-8,17,28H,9,11-12H2,1H3/b26-16+. The highest BCUT2D eigenvalue weighted by Gasteiger charge is 2.37. The first-order valence-corrected chi connectivity index (χ1v) is 9.01. The highest BCUT2D eigenvalue weighted by Crippen LogP contribution is 2.39. The second-order valence-corrected chi connectivity index (χ2v) is 6.73. The van der Waals surface area contributed by atoms with Gasteiger partial charge in [-0.05, 0) is 29.3 Å². The lowest BCUT2D eigenvalue weighted by Crippen LogP contribution is -2.37. The Hall–Kier alpha value is -3.38. The minimum atomic E-state index is -4.70. The van der Waals surface area contributed by atoms with Gasteiger partial charge in [0.15, 0.2) is 0 Å². The first-order valence-electron chi connectivity index (χ1n) is 9.01. The van der Waals surface area contributed by atoms with Crippen molar-refractivity contribution >= 4 is 11.6 Å². The molecule has 0 radical (unpaired) electrons. The number of amides is 1. The van der Waals surface area contributed by atoms with Crippen LogP contribution in [-0.4, -0.2) is 47.9 Å². The minimum Gasteiger partial charge on any atom is -0.399 e. The second-order valence-electron chi connectivity index (χ2n) is 6.73. The molecule has 9 heteroatoms. The fraction of sp³-hybridized carbons (Fsp3) is 0.286. The Bertz CT molecular complexity index is 1010. The summed E-state index contributed by atoms with van der Waals surface area (Å²) in [5.41, 5.74) is -0.493. The van der Waals surface area contributed by atoms with E-state index in [4.69, 9.17) is 10.1 Å². The molecule has 6 nitrogen and oxygen atoms in total. The highest BCUT2D eigenvalue weighted by atomic mass is 19.4. The molecule has 1 fully saturated rings. The number of hydrogen-bond acceptors (Lipinski definition) is 5. The van der Waals surface area contributed by atoms with Gasteiger partial charge in [0.25, 0.3) is 5.91 Å². The van der Waals surface area contributed by atoms with Crippen molar-refractivity contribution in [3.63, 3.8) is 0 Å². The molecule has 0 aliphatic carbocycles. The smallest absolute Gasteiger partial charge is 0.399 e. The second kappa shape index (κ2) is 8.55. The molecule has 1 aliphatic rings. The van der Waals surface area contributed by atoms with Gasteiger partial charge in [0.2, 0.25) is 0 Å². The number of nitrogens with zero attached hydrogens (tertiary/aromatic N) is 3. The summed E-state index contributed by atoms with van der Waals surface area (Å²) in [7, 11) is 1.39. The van der Waals surface area contributed by atoms with E-state index in [0.29, 0.717) is 12.1 Å². The maximum absolute atomic E-state index is 13.5. The predicted octanol–water partition coefficient (Wildman–Crippen LogP) is 3.45. The Morgan fingerprint density at radius 3 is 2.57 bits per heavy atom. The summed E-state index contributed by atoms with van der Waals surface area (Å²) in [5, 5.41) is 22.4. The monoisotopic (exact) mass is 417 g/mol. The van der Waals surface area contributed by atoms with Crippen molar-refractivity contribution in [3.8, 4) is 17.2 Å². The van der Waals surface area contributed by atoms with Crippen molar-refractivity contribution < 1.29 is 27.9 Å². The average Bonchev–Trinajstić information content (AvgIpc) is 3.15. The third kappa shape index (κ3) is 4.14. The SMILES string of the molecule is CO/N=C1\CC(CO)N(C(=O)c2ccc(-c3cccc(C#N)c3C(F)(F)F)cc2)C1. The predicted molar refractivity (Wildman–Crippen MR) is 103 cm³/mol. The Morgan fingerprint density at radius 1 is 1.30 bits per heavy atom. The molecule has 1 atom stereocenters. The van der Waals surface area contributed by atoms with Gasteiger partial charge in [0, 0.05) is 12.0 Å². The molecule has 0 spiro atoms. The lowest BCUT2D eigenvalue weighted by atomic mass is 9.94. The minimum absolute atomic E-state index is 0.135. The number of halogens is 3. The summed E-state index contributed by atoms with van der Waals surface area (Å²) in [5.74, 6) is -0.372. The van der Waals surface area contributed by atoms with Crippen LogP contribution in [0.5, 0.6) is 0 Å². The van der Waals surface area contributed by atoms with Crippen LogP contribution in [-0.2, 0) is 11.0 Å². The number of rotatable bonds is 4. The van der Waals surface area contributed by atoms with Crippen LogP contribution >= 0.6 is 0 Å². The molecule has 1 amide bonds. The van der Waals surface area contributed by atoms with Crippen molar-refractivity contribution in [1.29, 1.82) is 5.26 Å². The molecule has 1 N–H and O–H groups in total. The Balaban J connectivity index is 1.92. The van der Waals surface area contributed by atoms with Crippen LogP contribution in [0.4, 0.5) is 13.2 Å². The molecule has 1 unspecified atom stereocenters. The number of benzene rings is 2. The molecule has 0 saturated carbocycles. The lowest BCUT2D eigenvalue weighted by molar-refractivity contribution is -0.137. The van der Waals surface area contributed by atoms with E-state index in [0.717, 1.165) is 6.07 Å². The zero-order valence-electron chi connectivity index (χ0n) is 16.0. The van der Waals surface area contributed by atoms with E-state index in [1.54, 1.807) is 6.07 Å².